The number of likely N-dealkylation sites (N-methyl/N-ethyl adjacent to an activating group) is 1. The van der Waals surface area contributed by atoms with Gasteiger partial charge in [-0.05, 0) is 49.9 Å². The van der Waals surface area contributed by atoms with Gasteiger partial charge in [0.15, 0.2) is 0 Å². The summed E-state index contributed by atoms with van der Waals surface area (Å²) in [5, 5.41) is 31.9. The molecule has 0 aliphatic rings. The molecule has 3 amide bonds. The first-order valence-corrected chi connectivity index (χ1v) is 9.77. The lowest BCUT2D eigenvalue weighted by molar-refractivity contribution is -0.142. The van der Waals surface area contributed by atoms with Crippen LogP contribution >= 0.6 is 0 Å². The van der Waals surface area contributed by atoms with Crippen LogP contribution in [0.1, 0.15) is 42.5 Å². The van der Waals surface area contributed by atoms with Gasteiger partial charge in [0.05, 0.1) is 0 Å². The predicted octanol–water partition coefficient (Wildman–Crippen LogP) is 1.14. The van der Waals surface area contributed by atoms with Crippen molar-refractivity contribution in [1.82, 2.24) is 15.5 Å². The van der Waals surface area contributed by atoms with E-state index in [4.69, 9.17) is 10.2 Å². The van der Waals surface area contributed by atoms with Gasteiger partial charge < -0.3 is 30.9 Å². The molecule has 5 N–H and O–H groups in total. The molecule has 0 saturated carbocycles. The van der Waals surface area contributed by atoms with E-state index in [0.29, 0.717) is 12.8 Å². The Balaban J connectivity index is 2.51. The number of nitrogens with one attached hydrogen (secondary N) is 2. The number of hydrogen-bond donors (Lipinski definition) is 5. The van der Waals surface area contributed by atoms with Crippen LogP contribution < -0.4 is 10.6 Å². The molecule has 0 spiro atoms. The summed E-state index contributed by atoms with van der Waals surface area (Å²) < 4.78 is 12.9. The zero-order valence-electron chi connectivity index (χ0n) is 17.4. The van der Waals surface area contributed by atoms with E-state index in [1.54, 1.807) is 0 Å². The van der Waals surface area contributed by atoms with E-state index in [9.17, 15) is 33.5 Å². The molecule has 0 radical (unpaired) electrons. The molecule has 0 fully saturated rings. The number of carboxylic acid groups (broad SMARTS) is 3. The minimum absolute atomic E-state index is 0.0402. The number of unbranched alkanes of at least 4 members (excludes halogenated alkanes) is 1. The van der Waals surface area contributed by atoms with Crippen LogP contribution in [0.25, 0.3) is 0 Å². The van der Waals surface area contributed by atoms with Crippen LogP contribution in [0.2, 0.25) is 0 Å². The quantitative estimate of drug-likeness (QED) is 0.275. The average Bonchev–Trinajstić information content (AvgIpc) is 2.72. The lowest BCUT2D eigenvalue weighted by Crippen LogP contribution is -2.52. The summed E-state index contributed by atoms with van der Waals surface area (Å²) in [5.41, 5.74) is 0.280. The van der Waals surface area contributed by atoms with Crippen LogP contribution in [0.5, 0.6) is 0 Å². The second-order valence-corrected chi connectivity index (χ2v) is 7.00. The number of benzene rings is 1. The molecule has 0 bridgehead atoms. The summed E-state index contributed by atoms with van der Waals surface area (Å²) in [6.45, 7) is 0.231. The molecule has 1 rings (SSSR count). The first-order chi connectivity index (χ1) is 15.0. The van der Waals surface area contributed by atoms with Gasteiger partial charge in [-0.1, -0.05) is 0 Å². The Morgan fingerprint density at radius 3 is 2.12 bits per heavy atom. The summed E-state index contributed by atoms with van der Waals surface area (Å²) in [6, 6.07) is 1.29. The van der Waals surface area contributed by atoms with Crippen LogP contribution in [0.4, 0.5) is 9.18 Å². The molecular formula is C20H26FN3O8. The van der Waals surface area contributed by atoms with Gasteiger partial charge >= 0.3 is 23.9 Å². The van der Waals surface area contributed by atoms with Gasteiger partial charge in [-0.2, -0.15) is 0 Å². The number of amides is 3. The highest BCUT2D eigenvalue weighted by molar-refractivity contribution is 5.94. The molecule has 1 aromatic carbocycles. The number of rotatable bonds is 13. The minimum Gasteiger partial charge on any atom is -0.481 e. The number of nitrogens with zero attached hydrogens (tertiary/aromatic N) is 1. The average molecular weight is 455 g/mol. The minimum atomic E-state index is -1.47. The molecule has 0 aliphatic heterocycles. The molecule has 0 aromatic heterocycles. The molecule has 12 heteroatoms. The van der Waals surface area contributed by atoms with Crippen LogP contribution in [0.3, 0.4) is 0 Å². The van der Waals surface area contributed by atoms with E-state index in [1.165, 1.54) is 19.2 Å². The van der Waals surface area contributed by atoms with E-state index in [1.807, 2.05) is 0 Å². The van der Waals surface area contributed by atoms with Crippen molar-refractivity contribution >= 4 is 29.8 Å². The Labute approximate surface area is 183 Å². The Morgan fingerprint density at radius 1 is 0.969 bits per heavy atom. The van der Waals surface area contributed by atoms with Crippen molar-refractivity contribution in [2.75, 3.05) is 13.6 Å². The van der Waals surface area contributed by atoms with E-state index in [2.05, 4.69) is 10.6 Å². The lowest BCUT2D eigenvalue weighted by atomic mass is 10.1. The van der Waals surface area contributed by atoms with E-state index >= 15 is 0 Å². The zero-order chi connectivity index (χ0) is 24.3. The normalized spacial score (nSPS) is 12.3. The van der Waals surface area contributed by atoms with Crippen LogP contribution in [0.15, 0.2) is 24.3 Å². The van der Waals surface area contributed by atoms with Gasteiger partial charge in [0.25, 0.3) is 5.91 Å². The maximum Gasteiger partial charge on any atom is 0.326 e. The zero-order valence-corrected chi connectivity index (χ0v) is 17.4. The Hall–Kier alpha value is -3.70. The monoisotopic (exact) mass is 455 g/mol. The van der Waals surface area contributed by atoms with Crippen molar-refractivity contribution in [3.8, 4) is 0 Å². The standard InChI is InChI=1S/C20H26FN3O8/c1-24(20(32)23-14(18(28)29)9-10-16(25)26)15(19(30)31)4-2-3-11-22-17(27)12-5-7-13(21)8-6-12/h5-8,14-15H,2-4,9-11H2,1H3,(H,22,27)(H,23,32)(H,25,26)(H,28,29)(H,30,31)/t14?,15-/m0/s1. The molecule has 2 atom stereocenters. The smallest absolute Gasteiger partial charge is 0.326 e. The molecule has 0 aliphatic carbocycles. The largest absolute Gasteiger partial charge is 0.481 e. The maximum absolute atomic E-state index is 12.9. The molecule has 1 aromatic rings. The first kappa shape index (κ1) is 26.3. The molecule has 1 unspecified atom stereocenters. The second kappa shape index (κ2) is 12.9. The fraction of sp³-hybridized carbons (Fsp3) is 0.450. The van der Waals surface area contributed by atoms with E-state index < -0.39 is 54.2 Å². The molecule has 32 heavy (non-hydrogen) atoms. The summed E-state index contributed by atoms with van der Waals surface area (Å²) >= 11 is 0. The third-order valence-corrected chi connectivity index (χ3v) is 4.61. The summed E-state index contributed by atoms with van der Waals surface area (Å²) in [4.78, 5) is 58.4. The SMILES string of the molecule is CN(C(=O)NC(CCC(=O)O)C(=O)O)[C@@H](CCCCNC(=O)c1ccc(F)cc1)C(=O)O. The Bertz CT molecular complexity index is 831. The number of carbonyl (C=O) groups excluding carboxylic acids is 2. The first-order valence-electron chi connectivity index (χ1n) is 9.77. The van der Waals surface area contributed by atoms with Crippen molar-refractivity contribution < 1.29 is 43.7 Å². The van der Waals surface area contributed by atoms with E-state index in [-0.39, 0.29) is 24.9 Å². The number of carboxylic acids is 3. The van der Waals surface area contributed by atoms with Crippen LogP contribution in [-0.4, -0.2) is 75.7 Å². The summed E-state index contributed by atoms with van der Waals surface area (Å²) in [5.74, 6) is -4.83. The number of carbonyl (C=O) groups is 5. The Kier molecular flexibility index (Phi) is 10.6. The topological polar surface area (TPSA) is 173 Å². The van der Waals surface area contributed by atoms with Gasteiger partial charge in [-0.3, -0.25) is 9.59 Å². The molecule has 0 heterocycles. The molecule has 176 valence electrons. The van der Waals surface area contributed by atoms with Crippen molar-refractivity contribution in [3.63, 3.8) is 0 Å². The van der Waals surface area contributed by atoms with Crippen molar-refractivity contribution in [2.45, 2.75) is 44.2 Å². The summed E-state index contributed by atoms with van der Waals surface area (Å²) in [6.07, 6.45) is -0.0522. The third kappa shape index (κ3) is 8.98. The van der Waals surface area contributed by atoms with Crippen LogP contribution in [-0.2, 0) is 14.4 Å². The van der Waals surface area contributed by atoms with Gasteiger partial charge in [0.2, 0.25) is 0 Å². The third-order valence-electron chi connectivity index (χ3n) is 4.61. The lowest BCUT2D eigenvalue weighted by Gasteiger charge is -2.26. The number of halogens is 1. The number of hydrogen-bond acceptors (Lipinski definition) is 5. The molecular weight excluding hydrogens is 429 g/mol. The molecule has 0 saturated heterocycles. The van der Waals surface area contributed by atoms with E-state index in [0.717, 1.165) is 17.0 Å². The van der Waals surface area contributed by atoms with Gasteiger partial charge in [0, 0.05) is 25.6 Å². The van der Waals surface area contributed by atoms with Crippen LogP contribution in [0, 0.1) is 5.82 Å². The number of aliphatic carboxylic acids is 3. The van der Waals surface area contributed by atoms with Crippen molar-refractivity contribution in [3.05, 3.63) is 35.6 Å². The Morgan fingerprint density at radius 2 is 1.59 bits per heavy atom. The highest BCUT2D eigenvalue weighted by atomic mass is 19.1. The fourth-order valence-electron chi connectivity index (χ4n) is 2.77. The van der Waals surface area contributed by atoms with Gasteiger partial charge in [-0.25, -0.2) is 18.8 Å². The number of urea groups is 1. The second-order valence-electron chi connectivity index (χ2n) is 7.00. The predicted molar refractivity (Wildman–Crippen MR) is 109 cm³/mol. The molecule has 11 nitrogen and oxygen atoms in total. The maximum atomic E-state index is 12.9. The fourth-order valence-corrected chi connectivity index (χ4v) is 2.77. The van der Waals surface area contributed by atoms with Gasteiger partial charge in [0.1, 0.15) is 17.9 Å². The van der Waals surface area contributed by atoms with Gasteiger partial charge in [-0.15, -0.1) is 0 Å². The van der Waals surface area contributed by atoms with Crippen molar-refractivity contribution in [2.24, 2.45) is 0 Å². The highest BCUT2D eigenvalue weighted by Crippen LogP contribution is 2.10. The summed E-state index contributed by atoms with van der Waals surface area (Å²) in [7, 11) is 1.19. The van der Waals surface area contributed by atoms with Crippen molar-refractivity contribution in [1.29, 1.82) is 0 Å². The highest BCUT2D eigenvalue weighted by Gasteiger charge is 2.29.